The molecule has 1 amide bonds. The third-order valence-electron chi connectivity index (χ3n) is 3.76. The van der Waals surface area contributed by atoms with Crippen LogP contribution in [0.1, 0.15) is 33.2 Å². The Balaban J connectivity index is 1.83. The Hall–Kier alpha value is -2.20. The number of carbonyl (C=O) groups excluding carboxylic acids is 1. The molecule has 0 bridgehead atoms. The van der Waals surface area contributed by atoms with Crippen LogP contribution in [0.5, 0.6) is 0 Å². The standard InChI is InChI=1S/C17H16FNO2/c18-14-3-1-2-11(8-14)9-16(20)13-5-4-12-6-7-19-17(21)15(12)10-13/h1-5,8,10,16,20H,6-7,9H2,(H,19,21). The molecule has 2 N–H and O–H groups in total. The summed E-state index contributed by atoms with van der Waals surface area (Å²) in [5.41, 5.74) is 3.03. The fraction of sp³-hybridized carbons (Fsp3) is 0.235. The van der Waals surface area contributed by atoms with Gasteiger partial charge in [-0.05, 0) is 41.3 Å². The van der Waals surface area contributed by atoms with Crippen molar-refractivity contribution in [1.29, 1.82) is 0 Å². The first-order valence-corrected chi connectivity index (χ1v) is 6.97. The zero-order valence-electron chi connectivity index (χ0n) is 11.5. The molecule has 2 aromatic carbocycles. The number of amides is 1. The van der Waals surface area contributed by atoms with E-state index in [1.54, 1.807) is 18.2 Å². The van der Waals surface area contributed by atoms with Gasteiger partial charge < -0.3 is 10.4 Å². The van der Waals surface area contributed by atoms with Crippen molar-refractivity contribution in [2.45, 2.75) is 18.9 Å². The Morgan fingerprint density at radius 2 is 2.10 bits per heavy atom. The lowest BCUT2D eigenvalue weighted by molar-refractivity contribution is 0.0945. The zero-order valence-corrected chi connectivity index (χ0v) is 11.5. The van der Waals surface area contributed by atoms with Crippen LogP contribution in [0.2, 0.25) is 0 Å². The van der Waals surface area contributed by atoms with Gasteiger partial charge in [-0.15, -0.1) is 0 Å². The van der Waals surface area contributed by atoms with E-state index in [0.717, 1.165) is 17.5 Å². The van der Waals surface area contributed by atoms with Crippen molar-refractivity contribution in [3.05, 3.63) is 70.5 Å². The molecule has 0 fully saturated rings. The molecule has 2 aromatic rings. The van der Waals surface area contributed by atoms with Crippen LogP contribution in [0.15, 0.2) is 42.5 Å². The van der Waals surface area contributed by atoms with E-state index >= 15 is 0 Å². The second-order valence-electron chi connectivity index (χ2n) is 5.27. The quantitative estimate of drug-likeness (QED) is 0.909. The highest BCUT2D eigenvalue weighted by molar-refractivity contribution is 5.96. The highest BCUT2D eigenvalue weighted by Gasteiger charge is 2.19. The lowest BCUT2D eigenvalue weighted by Crippen LogP contribution is -2.31. The number of nitrogens with one attached hydrogen (secondary N) is 1. The summed E-state index contributed by atoms with van der Waals surface area (Å²) in [6.07, 6.45) is 0.367. The summed E-state index contributed by atoms with van der Waals surface area (Å²) in [5, 5.41) is 13.1. The second kappa shape index (κ2) is 5.66. The molecule has 1 atom stereocenters. The third-order valence-corrected chi connectivity index (χ3v) is 3.76. The first-order chi connectivity index (χ1) is 10.1. The zero-order chi connectivity index (χ0) is 14.8. The van der Waals surface area contributed by atoms with Crippen molar-refractivity contribution in [3.8, 4) is 0 Å². The smallest absolute Gasteiger partial charge is 0.251 e. The number of benzene rings is 2. The Labute approximate surface area is 122 Å². The minimum Gasteiger partial charge on any atom is -0.388 e. The third kappa shape index (κ3) is 2.95. The summed E-state index contributed by atoms with van der Waals surface area (Å²) in [7, 11) is 0. The minimum absolute atomic E-state index is 0.101. The summed E-state index contributed by atoms with van der Waals surface area (Å²) < 4.78 is 13.2. The summed E-state index contributed by atoms with van der Waals surface area (Å²) in [6, 6.07) is 11.6. The number of rotatable bonds is 3. The van der Waals surface area contributed by atoms with Crippen molar-refractivity contribution < 1.29 is 14.3 Å². The molecule has 4 heteroatoms. The molecule has 1 unspecified atom stereocenters. The van der Waals surface area contributed by atoms with E-state index in [0.29, 0.717) is 24.1 Å². The van der Waals surface area contributed by atoms with Gasteiger partial charge in [0.2, 0.25) is 0 Å². The van der Waals surface area contributed by atoms with Gasteiger partial charge in [0.05, 0.1) is 6.10 Å². The van der Waals surface area contributed by atoms with Crippen LogP contribution in [0.3, 0.4) is 0 Å². The summed E-state index contributed by atoms with van der Waals surface area (Å²) >= 11 is 0. The Morgan fingerprint density at radius 1 is 1.24 bits per heavy atom. The van der Waals surface area contributed by atoms with E-state index < -0.39 is 6.10 Å². The molecule has 0 saturated carbocycles. The molecule has 0 aromatic heterocycles. The number of aliphatic hydroxyl groups excluding tert-OH is 1. The van der Waals surface area contributed by atoms with Gasteiger partial charge >= 0.3 is 0 Å². The van der Waals surface area contributed by atoms with E-state index in [1.807, 2.05) is 12.1 Å². The molecule has 3 rings (SSSR count). The monoisotopic (exact) mass is 285 g/mol. The van der Waals surface area contributed by atoms with E-state index in [9.17, 15) is 14.3 Å². The van der Waals surface area contributed by atoms with Gasteiger partial charge in [-0.2, -0.15) is 0 Å². The molecule has 1 heterocycles. The van der Waals surface area contributed by atoms with E-state index in [2.05, 4.69) is 5.32 Å². The van der Waals surface area contributed by atoms with Gasteiger partial charge in [0.15, 0.2) is 0 Å². The first kappa shape index (κ1) is 13.8. The maximum Gasteiger partial charge on any atom is 0.251 e. The van der Waals surface area contributed by atoms with Gasteiger partial charge in [0.1, 0.15) is 5.82 Å². The molecule has 0 saturated heterocycles. The van der Waals surface area contributed by atoms with Crippen LogP contribution in [0.25, 0.3) is 0 Å². The Bertz CT molecular complexity index is 684. The van der Waals surface area contributed by atoms with Crippen LogP contribution >= 0.6 is 0 Å². The molecular formula is C17H16FNO2. The van der Waals surface area contributed by atoms with E-state index in [4.69, 9.17) is 0 Å². The molecule has 21 heavy (non-hydrogen) atoms. The first-order valence-electron chi connectivity index (χ1n) is 6.97. The maximum atomic E-state index is 13.2. The van der Waals surface area contributed by atoms with E-state index in [-0.39, 0.29) is 11.7 Å². The molecule has 0 aliphatic carbocycles. The number of aliphatic hydroxyl groups is 1. The van der Waals surface area contributed by atoms with Gasteiger partial charge in [0, 0.05) is 18.5 Å². The Morgan fingerprint density at radius 3 is 2.90 bits per heavy atom. The average molecular weight is 285 g/mol. The fourth-order valence-electron chi connectivity index (χ4n) is 2.64. The van der Waals surface area contributed by atoms with Crippen LogP contribution in [-0.4, -0.2) is 17.6 Å². The number of hydrogen-bond acceptors (Lipinski definition) is 2. The lowest BCUT2D eigenvalue weighted by Gasteiger charge is -2.19. The van der Waals surface area contributed by atoms with Crippen molar-refractivity contribution >= 4 is 5.91 Å². The topological polar surface area (TPSA) is 49.3 Å². The van der Waals surface area contributed by atoms with E-state index in [1.165, 1.54) is 12.1 Å². The molecule has 108 valence electrons. The maximum absolute atomic E-state index is 13.2. The SMILES string of the molecule is O=C1NCCc2ccc(C(O)Cc3cccc(F)c3)cc21. The normalized spacial score (nSPS) is 15.2. The van der Waals surface area contributed by atoms with Crippen molar-refractivity contribution in [3.63, 3.8) is 0 Å². The van der Waals surface area contributed by atoms with Gasteiger partial charge in [-0.1, -0.05) is 24.3 Å². The average Bonchev–Trinajstić information content (AvgIpc) is 2.47. The second-order valence-corrected chi connectivity index (χ2v) is 5.27. The van der Waals surface area contributed by atoms with Crippen molar-refractivity contribution in [2.24, 2.45) is 0 Å². The van der Waals surface area contributed by atoms with Crippen molar-refractivity contribution in [2.75, 3.05) is 6.54 Å². The van der Waals surface area contributed by atoms with Gasteiger partial charge in [-0.3, -0.25) is 4.79 Å². The van der Waals surface area contributed by atoms with Crippen LogP contribution in [-0.2, 0) is 12.8 Å². The van der Waals surface area contributed by atoms with Crippen LogP contribution < -0.4 is 5.32 Å². The van der Waals surface area contributed by atoms with Gasteiger partial charge in [0.25, 0.3) is 5.91 Å². The minimum atomic E-state index is -0.758. The molecule has 1 aliphatic heterocycles. The number of halogens is 1. The largest absolute Gasteiger partial charge is 0.388 e. The van der Waals surface area contributed by atoms with Crippen molar-refractivity contribution in [1.82, 2.24) is 5.32 Å². The molecule has 0 radical (unpaired) electrons. The molecular weight excluding hydrogens is 269 g/mol. The summed E-state index contributed by atoms with van der Waals surface area (Å²) in [5.74, 6) is -0.416. The number of hydrogen-bond donors (Lipinski definition) is 2. The highest BCUT2D eigenvalue weighted by atomic mass is 19.1. The molecule has 0 spiro atoms. The summed E-state index contributed by atoms with van der Waals surface area (Å²) in [6.45, 7) is 0.650. The van der Waals surface area contributed by atoms with Gasteiger partial charge in [-0.25, -0.2) is 4.39 Å². The predicted molar refractivity (Wildman–Crippen MR) is 77.5 cm³/mol. The summed E-state index contributed by atoms with van der Waals surface area (Å²) in [4.78, 5) is 11.8. The molecule has 1 aliphatic rings. The highest BCUT2D eigenvalue weighted by Crippen LogP contribution is 2.23. The number of fused-ring (bicyclic) bond motifs is 1. The predicted octanol–water partition coefficient (Wildman–Crippen LogP) is 2.39. The lowest BCUT2D eigenvalue weighted by atomic mass is 9.94. The number of carbonyl (C=O) groups is 1. The van der Waals surface area contributed by atoms with Crippen LogP contribution in [0.4, 0.5) is 4.39 Å². The van der Waals surface area contributed by atoms with Crippen LogP contribution in [0, 0.1) is 5.82 Å². The Kier molecular flexibility index (Phi) is 3.71. The fourth-order valence-corrected chi connectivity index (χ4v) is 2.64. The molecule has 3 nitrogen and oxygen atoms in total.